The Bertz CT molecular complexity index is 180. The number of carbonyl (C=O) groups is 1. The summed E-state index contributed by atoms with van der Waals surface area (Å²) in [5.74, 6) is 1.09. The molecule has 2 saturated carbocycles. The Labute approximate surface area is 73.1 Å². The van der Waals surface area contributed by atoms with Crippen LogP contribution in [0.1, 0.15) is 12.8 Å². The standard InChI is InChI=1S/C7H9IO2/c8-7-4-2-5(9)3(4)1-6(7)10/h3-4,6-7,10H,1-2H2/t3-,4-,6+,7+/m1/s1. The van der Waals surface area contributed by atoms with Gasteiger partial charge in [-0.05, 0) is 12.3 Å². The number of halogens is 1. The van der Waals surface area contributed by atoms with Crippen LogP contribution in [0.5, 0.6) is 0 Å². The van der Waals surface area contributed by atoms with E-state index in [-0.39, 0.29) is 12.0 Å². The number of hydrogen-bond acceptors (Lipinski definition) is 2. The van der Waals surface area contributed by atoms with E-state index in [0.717, 1.165) is 12.8 Å². The molecule has 2 aliphatic carbocycles. The Morgan fingerprint density at radius 3 is 2.70 bits per heavy atom. The van der Waals surface area contributed by atoms with Gasteiger partial charge in [-0.3, -0.25) is 4.79 Å². The Kier molecular flexibility index (Phi) is 1.53. The molecule has 0 aromatic heterocycles. The molecular formula is C7H9IO2. The Balaban J connectivity index is 2.13. The zero-order valence-corrected chi connectivity index (χ0v) is 7.61. The minimum Gasteiger partial charge on any atom is -0.392 e. The molecular weight excluding hydrogens is 243 g/mol. The average molecular weight is 252 g/mol. The number of aliphatic hydroxyl groups excluding tert-OH is 1. The van der Waals surface area contributed by atoms with Gasteiger partial charge in [0.25, 0.3) is 0 Å². The van der Waals surface area contributed by atoms with Crippen molar-refractivity contribution >= 4 is 28.4 Å². The number of alkyl halides is 1. The normalized spacial score (nSPS) is 52.4. The lowest BCUT2D eigenvalue weighted by Gasteiger charge is -2.29. The predicted octanol–water partition coefficient (Wildman–Crippen LogP) is 0.760. The quantitative estimate of drug-likeness (QED) is 0.510. The van der Waals surface area contributed by atoms with Gasteiger partial charge in [-0.1, -0.05) is 22.6 Å². The summed E-state index contributed by atoms with van der Waals surface area (Å²) in [7, 11) is 0. The summed E-state index contributed by atoms with van der Waals surface area (Å²) in [6.07, 6.45) is 1.22. The lowest BCUT2D eigenvalue weighted by Crippen LogP contribution is -2.36. The van der Waals surface area contributed by atoms with Gasteiger partial charge in [0.05, 0.1) is 6.10 Å². The summed E-state index contributed by atoms with van der Waals surface area (Å²) in [5.41, 5.74) is 0. The molecule has 10 heavy (non-hydrogen) atoms. The maximum atomic E-state index is 10.9. The molecule has 4 atom stereocenters. The largest absolute Gasteiger partial charge is 0.392 e. The van der Waals surface area contributed by atoms with Crippen molar-refractivity contribution in [1.29, 1.82) is 0 Å². The summed E-state index contributed by atoms with van der Waals surface area (Å²) in [5, 5.41) is 9.34. The minimum atomic E-state index is -0.220. The van der Waals surface area contributed by atoms with Gasteiger partial charge in [-0.25, -0.2) is 0 Å². The second-order valence-electron chi connectivity index (χ2n) is 3.19. The van der Waals surface area contributed by atoms with E-state index in [1.54, 1.807) is 0 Å². The molecule has 0 aromatic rings. The second kappa shape index (κ2) is 2.17. The van der Waals surface area contributed by atoms with Crippen LogP contribution in [0, 0.1) is 11.8 Å². The van der Waals surface area contributed by atoms with Gasteiger partial charge in [-0.2, -0.15) is 0 Å². The van der Waals surface area contributed by atoms with Crippen LogP contribution in [0.4, 0.5) is 0 Å². The van der Waals surface area contributed by atoms with Gasteiger partial charge in [-0.15, -0.1) is 0 Å². The second-order valence-corrected chi connectivity index (χ2v) is 4.63. The summed E-state index contributed by atoms with van der Waals surface area (Å²) in [6, 6.07) is 0. The highest BCUT2D eigenvalue weighted by atomic mass is 127. The van der Waals surface area contributed by atoms with Gasteiger partial charge in [0, 0.05) is 16.3 Å². The van der Waals surface area contributed by atoms with Crippen LogP contribution < -0.4 is 0 Å². The molecule has 56 valence electrons. The molecule has 2 fully saturated rings. The van der Waals surface area contributed by atoms with Crippen molar-refractivity contribution in [2.24, 2.45) is 11.8 Å². The molecule has 2 rings (SSSR count). The number of Topliss-reactive ketones (excluding diaryl/α,β-unsaturated/α-hetero) is 1. The molecule has 0 unspecified atom stereocenters. The van der Waals surface area contributed by atoms with Crippen molar-refractivity contribution < 1.29 is 9.90 Å². The molecule has 1 N–H and O–H groups in total. The van der Waals surface area contributed by atoms with Crippen molar-refractivity contribution in [1.82, 2.24) is 0 Å². The van der Waals surface area contributed by atoms with Crippen LogP contribution in [0.25, 0.3) is 0 Å². The highest BCUT2D eigenvalue weighted by Gasteiger charge is 2.51. The first-order chi connectivity index (χ1) is 4.70. The maximum absolute atomic E-state index is 10.9. The number of aliphatic hydroxyl groups is 1. The number of fused-ring (bicyclic) bond motifs is 1. The molecule has 0 saturated heterocycles. The molecule has 0 heterocycles. The van der Waals surface area contributed by atoms with E-state index < -0.39 is 0 Å². The molecule has 2 nitrogen and oxygen atoms in total. The first-order valence-electron chi connectivity index (χ1n) is 3.55. The maximum Gasteiger partial charge on any atom is 0.136 e. The first kappa shape index (κ1) is 7.03. The fraction of sp³-hybridized carbons (Fsp3) is 0.857. The van der Waals surface area contributed by atoms with Crippen LogP contribution in [0.3, 0.4) is 0 Å². The molecule has 0 spiro atoms. The van der Waals surface area contributed by atoms with E-state index in [9.17, 15) is 9.90 Å². The van der Waals surface area contributed by atoms with Crippen molar-refractivity contribution in [3.8, 4) is 0 Å². The van der Waals surface area contributed by atoms with Gasteiger partial charge >= 0.3 is 0 Å². The van der Waals surface area contributed by atoms with Crippen molar-refractivity contribution in [2.75, 3.05) is 0 Å². The summed E-state index contributed by atoms with van der Waals surface area (Å²) in [6.45, 7) is 0. The molecule has 0 radical (unpaired) electrons. The molecule has 0 aliphatic heterocycles. The summed E-state index contributed by atoms with van der Waals surface area (Å²) in [4.78, 5) is 10.9. The van der Waals surface area contributed by atoms with Crippen LogP contribution >= 0.6 is 22.6 Å². The van der Waals surface area contributed by atoms with Gasteiger partial charge in [0.2, 0.25) is 0 Å². The van der Waals surface area contributed by atoms with E-state index in [0.29, 0.717) is 15.6 Å². The smallest absolute Gasteiger partial charge is 0.136 e. The van der Waals surface area contributed by atoms with Gasteiger partial charge < -0.3 is 5.11 Å². The highest BCUT2D eigenvalue weighted by molar-refractivity contribution is 14.1. The third-order valence-corrected chi connectivity index (χ3v) is 4.39. The zero-order chi connectivity index (χ0) is 7.30. The first-order valence-corrected chi connectivity index (χ1v) is 4.79. The number of carbonyl (C=O) groups excluding carboxylic acids is 1. The lowest BCUT2D eigenvalue weighted by molar-refractivity contribution is -0.132. The molecule has 3 heteroatoms. The van der Waals surface area contributed by atoms with Crippen LogP contribution in [0.2, 0.25) is 0 Å². The summed E-state index contributed by atoms with van der Waals surface area (Å²) >= 11 is 2.26. The van der Waals surface area contributed by atoms with Gasteiger partial charge in [0.1, 0.15) is 5.78 Å². The molecule has 0 bridgehead atoms. The van der Waals surface area contributed by atoms with Crippen LogP contribution in [-0.4, -0.2) is 20.9 Å². The van der Waals surface area contributed by atoms with E-state index in [4.69, 9.17) is 0 Å². The van der Waals surface area contributed by atoms with Crippen LogP contribution in [0.15, 0.2) is 0 Å². The zero-order valence-electron chi connectivity index (χ0n) is 5.46. The van der Waals surface area contributed by atoms with E-state index >= 15 is 0 Å². The summed E-state index contributed by atoms with van der Waals surface area (Å²) < 4.78 is 0.334. The van der Waals surface area contributed by atoms with Crippen molar-refractivity contribution in [3.05, 3.63) is 0 Å². The molecule has 0 aromatic carbocycles. The van der Waals surface area contributed by atoms with E-state index in [2.05, 4.69) is 22.6 Å². The van der Waals surface area contributed by atoms with Crippen LogP contribution in [-0.2, 0) is 4.79 Å². The monoisotopic (exact) mass is 252 g/mol. The van der Waals surface area contributed by atoms with Gasteiger partial charge in [0.15, 0.2) is 0 Å². The fourth-order valence-electron chi connectivity index (χ4n) is 1.92. The fourth-order valence-corrected chi connectivity index (χ4v) is 2.97. The minimum absolute atomic E-state index is 0.219. The Morgan fingerprint density at radius 2 is 2.30 bits per heavy atom. The highest BCUT2D eigenvalue weighted by Crippen LogP contribution is 2.47. The predicted molar refractivity (Wildman–Crippen MR) is 45.0 cm³/mol. The third-order valence-electron chi connectivity index (χ3n) is 2.64. The molecule has 2 aliphatic rings. The lowest BCUT2D eigenvalue weighted by atomic mass is 9.75. The Hall–Kier alpha value is 0.360. The average Bonchev–Trinajstić information content (AvgIpc) is 2.12. The van der Waals surface area contributed by atoms with E-state index in [1.165, 1.54) is 0 Å². The number of ketones is 1. The number of hydrogen-bond donors (Lipinski definition) is 1. The number of rotatable bonds is 0. The van der Waals surface area contributed by atoms with Crippen molar-refractivity contribution in [3.63, 3.8) is 0 Å². The SMILES string of the molecule is O=C1C[C@H]2[C@H](I)[C@@H](O)C[C@@H]12. The van der Waals surface area contributed by atoms with E-state index in [1.807, 2.05) is 0 Å². The molecule has 0 amide bonds. The van der Waals surface area contributed by atoms with Crippen molar-refractivity contribution in [2.45, 2.75) is 22.9 Å². The third kappa shape index (κ3) is 0.763. The topological polar surface area (TPSA) is 37.3 Å². The Morgan fingerprint density at radius 1 is 1.60 bits per heavy atom.